The highest BCUT2D eigenvalue weighted by Gasteiger charge is 2.30. The van der Waals surface area contributed by atoms with E-state index in [4.69, 9.17) is 23.8 Å². The molecule has 2 aromatic rings. The highest BCUT2D eigenvalue weighted by atomic mass is 16.7. The molecule has 140 valence electrons. The minimum absolute atomic E-state index is 0.179. The average molecular weight is 370 g/mol. The van der Waals surface area contributed by atoms with Crippen LogP contribution in [0.3, 0.4) is 0 Å². The second-order valence-electron chi connectivity index (χ2n) is 5.96. The van der Waals surface area contributed by atoms with Gasteiger partial charge in [0.1, 0.15) is 11.5 Å². The highest BCUT2D eigenvalue weighted by Crippen LogP contribution is 2.34. The van der Waals surface area contributed by atoms with Crippen molar-refractivity contribution < 1.29 is 28.6 Å². The lowest BCUT2D eigenvalue weighted by atomic mass is 10.0. The Bertz CT molecular complexity index is 911. The van der Waals surface area contributed by atoms with Gasteiger partial charge < -0.3 is 29.1 Å². The monoisotopic (exact) mass is 370 g/mol. The zero-order valence-electron chi connectivity index (χ0n) is 14.9. The summed E-state index contributed by atoms with van der Waals surface area (Å²) in [5.41, 5.74) is 1.95. The van der Waals surface area contributed by atoms with Crippen LogP contribution in [0, 0.1) is 0 Å². The van der Waals surface area contributed by atoms with Crippen molar-refractivity contribution in [1.82, 2.24) is 0 Å². The first-order valence-electron chi connectivity index (χ1n) is 8.33. The van der Waals surface area contributed by atoms with Crippen molar-refractivity contribution in [2.75, 3.05) is 26.3 Å². The number of nitrogens with zero attached hydrogens (tertiary/aromatic N) is 1. The van der Waals surface area contributed by atoms with Gasteiger partial charge in [0.15, 0.2) is 11.5 Å². The molecule has 2 aliphatic rings. The van der Waals surface area contributed by atoms with Crippen LogP contribution in [0.1, 0.15) is 12.0 Å². The molecule has 27 heavy (non-hydrogen) atoms. The van der Waals surface area contributed by atoms with E-state index in [1.807, 2.05) is 0 Å². The number of hydrogen-bond acceptors (Lipinski definition) is 7. The molecular formula is C19H18N2O6. The van der Waals surface area contributed by atoms with Gasteiger partial charge >= 0.3 is 0 Å². The van der Waals surface area contributed by atoms with Crippen molar-refractivity contribution in [3.8, 4) is 23.0 Å². The number of nitrogens with one attached hydrogen (secondary N) is 1. The summed E-state index contributed by atoms with van der Waals surface area (Å²) in [6.45, 7) is 0.179. The fourth-order valence-corrected chi connectivity index (χ4v) is 2.91. The number of methoxy groups -OCH3 is 2. The summed E-state index contributed by atoms with van der Waals surface area (Å²) < 4.78 is 21.2. The minimum Gasteiger partial charge on any atom is -0.497 e. The lowest BCUT2D eigenvalue weighted by molar-refractivity contribution is -0.125. The summed E-state index contributed by atoms with van der Waals surface area (Å²) in [7, 11) is 3.16. The fourth-order valence-electron chi connectivity index (χ4n) is 2.91. The molecule has 8 heteroatoms. The van der Waals surface area contributed by atoms with E-state index in [0.717, 1.165) is 5.56 Å². The first-order valence-corrected chi connectivity index (χ1v) is 8.33. The molecule has 0 aliphatic carbocycles. The number of carbonyl (C=O) groups is 1. The van der Waals surface area contributed by atoms with E-state index in [-0.39, 0.29) is 12.7 Å². The number of amides is 1. The summed E-state index contributed by atoms with van der Waals surface area (Å²) >= 11 is 0. The van der Waals surface area contributed by atoms with Crippen molar-refractivity contribution in [3.05, 3.63) is 42.0 Å². The van der Waals surface area contributed by atoms with Crippen molar-refractivity contribution in [1.29, 1.82) is 0 Å². The topological polar surface area (TPSA) is 87.6 Å². The average Bonchev–Trinajstić information content (AvgIpc) is 3.36. The van der Waals surface area contributed by atoms with Gasteiger partial charge in [-0.2, -0.15) is 0 Å². The standard InChI is InChI=1S/C19H18N2O6/c1-23-12-4-6-15(24-2)13(8-12)14-9-18(27-21-14)19(22)20-11-3-5-16-17(7-11)26-10-25-16/h3-8,18H,9-10H2,1-2H3,(H,20,22)/t18-/m1/s1. The van der Waals surface area contributed by atoms with Gasteiger partial charge in [-0.25, -0.2) is 0 Å². The smallest absolute Gasteiger partial charge is 0.268 e. The number of anilines is 1. The molecule has 0 spiro atoms. The third kappa shape index (κ3) is 3.33. The van der Waals surface area contributed by atoms with Crippen LogP contribution in [0.4, 0.5) is 5.69 Å². The highest BCUT2D eigenvalue weighted by molar-refractivity contribution is 6.07. The number of oxime groups is 1. The van der Waals surface area contributed by atoms with Crippen LogP contribution in [0.25, 0.3) is 0 Å². The lowest BCUT2D eigenvalue weighted by Gasteiger charge is -2.11. The van der Waals surface area contributed by atoms with E-state index >= 15 is 0 Å². The summed E-state index contributed by atoms with van der Waals surface area (Å²) in [5.74, 6) is 2.25. The molecule has 1 atom stereocenters. The van der Waals surface area contributed by atoms with E-state index in [2.05, 4.69) is 10.5 Å². The second kappa shape index (κ2) is 7.06. The predicted molar refractivity (Wildman–Crippen MR) is 96.8 cm³/mol. The van der Waals surface area contributed by atoms with Crippen LogP contribution in [0.2, 0.25) is 0 Å². The van der Waals surface area contributed by atoms with Gasteiger partial charge in [0.25, 0.3) is 5.91 Å². The summed E-state index contributed by atoms with van der Waals surface area (Å²) in [4.78, 5) is 17.9. The van der Waals surface area contributed by atoms with Crippen LogP contribution in [0.5, 0.6) is 23.0 Å². The number of hydrogen-bond donors (Lipinski definition) is 1. The van der Waals surface area contributed by atoms with Gasteiger partial charge in [-0.15, -0.1) is 0 Å². The van der Waals surface area contributed by atoms with Gasteiger partial charge in [0.2, 0.25) is 12.9 Å². The number of rotatable bonds is 5. The first-order chi connectivity index (χ1) is 13.2. The SMILES string of the molecule is COc1ccc(OC)c(C2=NO[C@@H](C(=O)Nc3ccc4c(c3)OCO4)C2)c1. The van der Waals surface area contributed by atoms with E-state index in [9.17, 15) is 4.79 Å². The molecule has 0 bridgehead atoms. The molecule has 0 aromatic heterocycles. The maximum Gasteiger partial charge on any atom is 0.268 e. The molecule has 2 aliphatic heterocycles. The molecule has 0 radical (unpaired) electrons. The van der Waals surface area contributed by atoms with Gasteiger partial charge in [0, 0.05) is 23.7 Å². The molecule has 2 aromatic carbocycles. The second-order valence-corrected chi connectivity index (χ2v) is 5.96. The molecule has 1 amide bonds. The molecular weight excluding hydrogens is 352 g/mol. The molecule has 0 saturated carbocycles. The molecule has 0 fully saturated rings. The van der Waals surface area contributed by atoms with E-state index in [1.165, 1.54) is 0 Å². The number of ether oxygens (including phenoxy) is 4. The maximum atomic E-state index is 12.5. The zero-order chi connectivity index (χ0) is 18.8. The predicted octanol–water partition coefficient (Wildman–Crippen LogP) is 2.56. The van der Waals surface area contributed by atoms with Crippen molar-refractivity contribution in [3.63, 3.8) is 0 Å². The lowest BCUT2D eigenvalue weighted by Crippen LogP contribution is -2.28. The van der Waals surface area contributed by atoms with E-state index in [0.29, 0.717) is 40.8 Å². The van der Waals surface area contributed by atoms with Crippen LogP contribution in [-0.4, -0.2) is 38.7 Å². The Morgan fingerprint density at radius 3 is 2.78 bits per heavy atom. The molecule has 1 N–H and O–H groups in total. The number of carbonyl (C=O) groups excluding carboxylic acids is 1. The minimum atomic E-state index is -0.735. The van der Waals surface area contributed by atoms with Crippen LogP contribution in [0.15, 0.2) is 41.6 Å². The zero-order valence-corrected chi connectivity index (χ0v) is 14.9. The number of benzene rings is 2. The van der Waals surface area contributed by atoms with Crippen LogP contribution < -0.4 is 24.3 Å². The molecule has 0 unspecified atom stereocenters. The largest absolute Gasteiger partial charge is 0.497 e. The van der Waals surface area contributed by atoms with Gasteiger partial charge in [-0.05, 0) is 30.3 Å². The molecule has 0 saturated heterocycles. The molecule has 2 heterocycles. The molecule has 8 nitrogen and oxygen atoms in total. The van der Waals surface area contributed by atoms with Gasteiger partial charge in [-0.1, -0.05) is 5.16 Å². The summed E-state index contributed by atoms with van der Waals surface area (Å²) in [6, 6.07) is 10.6. The Morgan fingerprint density at radius 2 is 1.96 bits per heavy atom. The fraction of sp³-hybridized carbons (Fsp3) is 0.263. The van der Waals surface area contributed by atoms with Crippen LogP contribution in [-0.2, 0) is 9.63 Å². The Labute approximate surface area is 155 Å². The third-order valence-corrected chi connectivity index (χ3v) is 4.32. The summed E-state index contributed by atoms with van der Waals surface area (Å²) in [6.07, 6.45) is -0.416. The van der Waals surface area contributed by atoms with Crippen molar-refractivity contribution >= 4 is 17.3 Å². The van der Waals surface area contributed by atoms with Crippen molar-refractivity contribution in [2.45, 2.75) is 12.5 Å². The Hall–Kier alpha value is -3.42. The van der Waals surface area contributed by atoms with Gasteiger partial charge in [-0.3, -0.25) is 4.79 Å². The quantitative estimate of drug-likeness (QED) is 0.870. The van der Waals surface area contributed by atoms with E-state index in [1.54, 1.807) is 50.6 Å². The molecule has 4 rings (SSSR count). The van der Waals surface area contributed by atoms with Crippen LogP contribution >= 0.6 is 0 Å². The van der Waals surface area contributed by atoms with Crippen molar-refractivity contribution in [2.24, 2.45) is 5.16 Å². The Morgan fingerprint density at radius 1 is 1.11 bits per heavy atom. The third-order valence-electron chi connectivity index (χ3n) is 4.32. The first kappa shape index (κ1) is 17.0. The van der Waals surface area contributed by atoms with Gasteiger partial charge in [0.05, 0.1) is 19.9 Å². The Kier molecular flexibility index (Phi) is 4.45. The number of fused-ring (bicyclic) bond motifs is 1. The summed E-state index contributed by atoms with van der Waals surface area (Å²) in [5, 5.41) is 6.88. The normalized spacial score (nSPS) is 17.1. The maximum absolute atomic E-state index is 12.5. The Balaban J connectivity index is 1.45. The van der Waals surface area contributed by atoms with E-state index < -0.39 is 6.10 Å².